The molecule has 6 rings (SSSR count). The van der Waals surface area contributed by atoms with Crippen molar-refractivity contribution in [3.63, 3.8) is 0 Å². The zero-order chi connectivity index (χ0) is 31.9. The Kier molecular flexibility index (Phi) is 8.19. The van der Waals surface area contributed by atoms with Crippen LogP contribution in [0.4, 0.5) is 4.39 Å². The number of Topliss-reactive ketones (excluding diaryl/α,β-unsaturated/α-hetero) is 2. The number of carbonyl (C=O) groups excluding carboxylic acids is 2. The molecule has 0 spiro atoms. The molecule has 234 valence electrons. The molecule has 1 heterocycles. The highest BCUT2D eigenvalue weighted by atomic mass is 19.1. The van der Waals surface area contributed by atoms with Gasteiger partial charge in [0.2, 0.25) is 0 Å². The predicted octanol–water partition coefficient (Wildman–Crippen LogP) is 8.69. The van der Waals surface area contributed by atoms with Crippen LogP contribution in [0.2, 0.25) is 0 Å². The second kappa shape index (κ2) is 12.0. The Balaban J connectivity index is 1.49. The zero-order valence-electron chi connectivity index (χ0n) is 26.9. The fourth-order valence-electron chi connectivity index (χ4n) is 7.20. The van der Waals surface area contributed by atoms with Crippen LogP contribution in [0.3, 0.4) is 0 Å². The molecule has 0 saturated carbocycles. The average molecular weight is 608 g/mol. The highest BCUT2D eigenvalue weighted by Gasteiger charge is 2.49. The molecule has 3 aromatic carbocycles. The number of hydrogen-bond acceptors (Lipinski definition) is 5. The van der Waals surface area contributed by atoms with E-state index in [2.05, 4.69) is 44.7 Å². The van der Waals surface area contributed by atoms with Crippen LogP contribution in [0, 0.1) is 16.6 Å². The largest absolute Gasteiger partial charge is 0.490 e. The minimum Gasteiger partial charge on any atom is -0.490 e. The van der Waals surface area contributed by atoms with Crippen LogP contribution < -0.4 is 9.47 Å². The summed E-state index contributed by atoms with van der Waals surface area (Å²) in [5.74, 6) is 0.355. The summed E-state index contributed by atoms with van der Waals surface area (Å²) in [5.41, 5.74) is 5.49. The smallest absolute Gasteiger partial charge is 0.162 e. The summed E-state index contributed by atoms with van der Waals surface area (Å²) >= 11 is 0. The first-order chi connectivity index (χ1) is 21.5. The molecule has 0 N–H and O–H groups in total. The van der Waals surface area contributed by atoms with Crippen molar-refractivity contribution < 1.29 is 23.5 Å². The minimum absolute atomic E-state index is 0.0513. The Morgan fingerprint density at radius 2 is 1.36 bits per heavy atom. The van der Waals surface area contributed by atoms with E-state index >= 15 is 0 Å². The third kappa shape index (κ3) is 6.20. The number of rotatable bonds is 8. The molecule has 0 atom stereocenters. The number of ether oxygens (including phenoxy) is 2. The van der Waals surface area contributed by atoms with Crippen molar-refractivity contribution in [2.24, 2.45) is 10.8 Å². The fourth-order valence-corrected chi connectivity index (χ4v) is 7.20. The highest BCUT2D eigenvalue weighted by Crippen LogP contribution is 2.55. The van der Waals surface area contributed by atoms with Crippen molar-refractivity contribution >= 4 is 11.6 Å². The van der Waals surface area contributed by atoms with E-state index < -0.39 is 5.92 Å². The molecule has 45 heavy (non-hydrogen) atoms. The standard InChI is InChI=1S/C39H42FNO4/c1-6-44-34-18-26(16-17-33(34)45-24-27-14-10-11-15-28(27)40)35-36-29(19-38(2,3)21-31(36)42)41(23-25-12-8-7-9-13-25)30-20-39(4,5)22-32(43)37(30)35/h7-18,35H,6,19-24H2,1-5H3. The fraction of sp³-hybridized carbons (Fsp3) is 0.385. The molecule has 0 saturated heterocycles. The third-order valence-electron chi connectivity index (χ3n) is 9.15. The van der Waals surface area contributed by atoms with E-state index in [0.29, 0.717) is 43.1 Å². The van der Waals surface area contributed by atoms with Crippen LogP contribution in [-0.2, 0) is 22.7 Å². The molecule has 0 bridgehead atoms. The van der Waals surface area contributed by atoms with Crippen molar-refractivity contribution in [3.05, 3.63) is 118 Å². The summed E-state index contributed by atoms with van der Waals surface area (Å²) in [6.07, 6.45) is 2.33. The first-order valence-electron chi connectivity index (χ1n) is 15.9. The number of ketones is 2. The van der Waals surface area contributed by atoms with Crippen molar-refractivity contribution in [2.45, 2.75) is 79.4 Å². The molecule has 0 radical (unpaired) electrons. The number of benzene rings is 3. The topological polar surface area (TPSA) is 55.8 Å². The van der Waals surface area contributed by atoms with Crippen molar-refractivity contribution in [1.29, 1.82) is 0 Å². The van der Waals surface area contributed by atoms with Gasteiger partial charge in [0, 0.05) is 53.4 Å². The normalized spacial score (nSPS) is 19.4. The van der Waals surface area contributed by atoms with E-state index in [1.807, 2.05) is 43.3 Å². The molecule has 0 aromatic heterocycles. The summed E-state index contributed by atoms with van der Waals surface area (Å²) in [5, 5.41) is 0. The Morgan fingerprint density at radius 3 is 1.96 bits per heavy atom. The van der Waals surface area contributed by atoms with Crippen LogP contribution in [0.25, 0.3) is 0 Å². The Hall–Kier alpha value is -4.19. The molecule has 1 aliphatic heterocycles. The molecule has 0 fully saturated rings. The van der Waals surface area contributed by atoms with Gasteiger partial charge in [-0.05, 0) is 59.9 Å². The van der Waals surface area contributed by atoms with Gasteiger partial charge in [0.25, 0.3) is 0 Å². The first kappa shape index (κ1) is 30.8. The van der Waals surface area contributed by atoms with Crippen LogP contribution in [0.5, 0.6) is 11.5 Å². The van der Waals surface area contributed by atoms with Crippen molar-refractivity contribution in [3.8, 4) is 11.5 Å². The SMILES string of the molecule is CCOc1cc(C2C3=C(CC(C)(C)CC3=O)N(Cc3ccccc3)C3=C2C(=O)CC(C)(C)C3)ccc1OCc1ccccc1F. The molecule has 2 aliphatic carbocycles. The minimum atomic E-state index is -0.492. The van der Waals surface area contributed by atoms with E-state index in [1.54, 1.807) is 18.2 Å². The van der Waals surface area contributed by atoms with Crippen LogP contribution >= 0.6 is 0 Å². The van der Waals surface area contributed by atoms with Gasteiger partial charge in [-0.2, -0.15) is 0 Å². The third-order valence-corrected chi connectivity index (χ3v) is 9.15. The Bertz CT molecular complexity index is 1650. The molecular formula is C39H42FNO4. The average Bonchev–Trinajstić information content (AvgIpc) is 2.97. The van der Waals surface area contributed by atoms with Gasteiger partial charge in [-0.1, -0.05) is 82.3 Å². The van der Waals surface area contributed by atoms with E-state index in [1.165, 1.54) is 6.07 Å². The van der Waals surface area contributed by atoms with Gasteiger partial charge in [0.05, 0.1) is 6.61 Å². The number of allylic oxidation sites excluding steroid dienone is 4. The summed E-state index contributed by atoms with van der Waals surface area (Å²) in [6, 6.07) is 22.5. The number of carbonyl (C=O) groups is 2. The molecule has 3 aliphatic rings. The van der Waals surface area contributed by atoms with E-state index in [4.69, 9.17) is 9.47 Å². The highest BCUT2D eigenvalue weighted by molar-refractivity contribution is 6.06. The maximum atomic E-state index is 14.3. The van der Waals surface area contributed by atoms with E-state index in [-0.39, 0.29) is 34.8 Å². The summed E-state index contributed by atoms with van der Waals surface area (Å²) in [6.45, 7) is 11.6. The zero-order valence-corrected chi connectivity index (χ0v) is 26.9. The lowest BCUT2D eigenvalue weighted by atomic mass is 9.63. The maximum Gasteiger partial charge on any atom is 0.162 e. The van der Waals surface area contributed by atoms with Crippen LogP contribution in [-0.4, -0.2) is 23.1 Å². The number of nitrogens with zero attached hydrogens (tertiary/aromatic N) is 1. The molecule has 5 nitrogen and oxygen atoms in total. The number of hydrogen-bond donors (Lipinski definition) is 0. The van der Waals surface area contributed by atoms with Gasteiger partial charge in [0.1, 0.15) is 12.4 Å². The van der Waals surface area contributed by atoms with Gasteiger partial charge in [-0.15, -0.1) is 0 Å². The Morgan fingerprint density at radius 1 is 0.756 bits per heavy atom. The first-order valence-corrected chi connectivity index (χ1v) is 15.9. The summed E-state index contributed by atoms with van der Waals surface area (Å²) < 4.78 is 26.4. The lowest BCUT2D eigenvalue weighted by molar-refractivity contribution is -0.119. The van der Waals surface area contributed by atoms with Crippen LogP contribution in [0.1, 0.15) is 82.9 Å². The predicted molar refractivity (Wildman–Crippen MR) is 173 cm³/mol. The van der Waals surface area contributed by atoms with Gasteiger partial charge < -0.3 is 14.4 Å². The van der Waals surface area contributed by atoms with Crippen LogP contribution in [0.15, 0.2) is 95.3 Å². The van der Waals surface area contributed by atoms with Gasteiger partial charge in [-0.25, -0.2) is 4.39 Å². The van der Waals surface area contributed by atoms with E-state index in [9.17, 15) is 14.0 Å². The van der Waals surface area contributed by atoms with E-state index in [0.717, 1.165) is 46.5 Å². The quantitative estimate of drug-likeness (QED) is 0.256. The van der Waals surface area contributed by atoms with Gasteiger partial charge >= 0.3 is 0 Å². The summed E-state index contributed by atoms with van der Waals surface area (Å²) in [4.78, 5) is 30.7. The lowest BCUT2D eigenvalue weighted by Gasteiger charge is -2.49. The number of halogens is 1. The van der Waals surface area contributed by atoms with Gasteiger partial charge in [-0.3, -0.25) is 9.59 Å². The van der Waals surface area contributed by atoms with Gasteiger partial charge in [0.15, 0.2) is 23.1 Å². The molecule has 0 amide bonds. The lowest BCUT2D eigenvalue weighted by Crippen LogP contribution is -2.44. The van der Waals surface area contributed by atoms with Crippen molar-refractivity contribution in [1.82, 2.24) is 4.90 Å². The molecular weight excluding hydrogens is 565 g/mol. The van der Waals surface area contributed by atoms with Crippen molar-refractivity contribution in [2.75, 3.05) is 6.61 Å². The Labute approximate surface area is 265 Å². The summed E-state index contributed by atoms with van der Waals surface area (Å²) in [7, 11) is 0. The monoisotopic (exact) mass is 607 g/mol. The molecule has 0 unspecified atom stereocenters. The maximum absolute atomic E-state index is 14.3. The second-order valence-electron chi connectivity index (χ2n) is 14.1. The molecule has 3 aromatic rings. The molecule has 6 heteroatoms. The second-order valence-corrected chi connectivity index (χ2v) is 14.1.